The summed E-state index contributed by atoms with van der Waals surface area (Å²) in [6.45, 7) is 4.37. The van der Waals surface area contributed by atoms with Crippen molar-refractivity contribution >= 4 is 16.3 Å². The summed E-state index contributed by atoms with van der Waals surface area (Å²) in [4.78, 5) is 0. The van der Waals surface area contributed by atoms with Crippen molar-refractivity contribution in [2.45, 2.75) is 26.2 Å². The van der Waals surface area contributed by atoms with E-state index in [4.69, 9.17) is 4.74 Å². The Bertz CT molecular complexity index is 1560. The number of fused-ring (bicyclic) bond motifs is 6. The molecule has 3 unspecified atom stereocenters. The Morgan fingerprint density at radius 2 is 1.81 bits per heavy atom. The second kappa shape index (κ2) is 9.33. The number of allylic oxidation sites excluding steroid dienone is 11. The van der Waals surface area contributed by atoms with Crippen molar-refractivity contribution in [1.29, 1.82) is 0 Å². The third-order valence-electron chi connectivity index (χ3n) is 7.82. The number of hydrogen-bond donors (Lipinski definition) is 2. The van der Waals surface area contributed by atoms with Crippen molar-refractivity contribution in [3.8, 4) is 11.5 Å². The minimum absolute atomic E-state index is 0.0594. The van der Waals surface area contributed by atoms with Gasteiger partial charge in [0, 0.05) is 23.3 Å². The van der Waals surface area contributed by atoms with Crippen LogP contribution >= 0.6 is 0 Å². The van der Waals surface area contributed by atoms with Crippen molar-refractivity contribution in [3.63, 3.8) is 0 Å². The van der Waals surface area contributed by atoms with E-state index in [1.165, 1.54) is 16.7 Å². The topological polar surface area (TPSA) is 49.7 Å². The standard InChI is InChI=1S/C34H30O3/c1-3-22(10-9-21(2)23-7-5-4-6-8-23)32-33-28-15-13-26(35)19-24(28)11-17-30(33)37-31-18-12-25-20-27(36)14-16-29(25)34(31)32/h4-20,28,32-33,35-36H,3H2,1-2H3/b21-9+,22-10+. The minimum Gasteiger partial charge on any atom is -0.508 e. The summed E-state index contributed by atoms with van der Waals surface area (Å²) >= 11 is 0. The number of benzene rings is 3. The molecule has 184 valence electrons. The summed E-state index contributed by atoms with van der Waals surface area (Å²) in [7, 11) is 0. The molecule has 2 aliphatic carbocycles. The number of ether oxygens (including phenoxy) is 1. The van der Waals surface area contributed by atoms with Crippen LogP contribution in [-0.4, -0.2) is 10.2 Å². The van der Waals surface area contributed by atoms with Gasteiger partial charge in [-0.2, -0.15) is 0 Å². The molecule has 3 aromatic rings. The summed E-state index contributed by atoms with van der Waals surface area (Å²) in [5, 5.41) is 22.4. The Balaban J connectivity index is 1.55. The molecule has 3 aromatic carbocycles. The zero-order chi connectivity index (χ0) is 25.5. The lowest BCUT2D eigenvalue weighted by molar-refractivity contribution is 0.259. The van der Waals surface area contributed by atoms with Crippen LogP contribution in [0.5, 0.6) is 11.5 Å². The summed E-state index contributed by atoms with van der Waals surface area (Å²) < 4.78 is 6.56. The highest BCUT2D eigenvalue weighted by atomic mass is 16.5. The van der Waals surface area contributed by atoms with E-state index in [0.29, 0.717) is 0 Å². The highest BCUT2D eigenvalue weighted by Crippen LogP contribution is 2.55. The largest absolute Gasteiger partial charge is 0.508 e. The van der Waals surface area contributed by atoms with Crippen LogP contribution in [0.25, 0.3) is 16.3 Å². The van der Waals surface area contributed by atoms with E-state index in [9.17, 15) is 10.2 Å². The van der Waals surface area contributed by atoms with E-state index in [0.717, 1.165) is 39.8 Å². The fraction of sp³-hybridized carbons (Fsp3) is 0.176. The molecule has 2 N–H and O–H groups in total. The number of phenols is 1. The van der Waals surface area contributed by atoms with Crippen LogP contribution < -0.4 is 4.74 Å². The molecule has 37 heavy (non-hydrogen) atoms. The smallest absolute Gasteiger partial charge is 0.131 e. The van der Waals surface area contributed by atoms with Gasteiger partial charge in [-0.3, -0.25) is 0 Å². The first kappa shape index (κ1) is 23.2. The molecule has 0 saturated heterocycles. The molecular formula is C34H30O3. The van der Waals surface area contributed by atoms with Crippen molar-refractivity contribution < 1.29 is 14.9 Å². The number of aliphatic hydroxyl groups is 1. The number of hydrogen-bond acceptors (Lipinski definition) is 3. The number of rotatable bonds is 4. The van der Waals surface area contributed by atoms with Gasteiger partial charge in [0.15, 0.2) is 0 Å². The first-order valence-corrected chi connectivity index (χ1v) is 12.9. The van der Waals surface area contributed by atoms with Gasteiger partial charge in [-0.05, 0) is 77.3 Å². The average Bonchev–Trinajstić information content (AvgIpc) is 2.92. The molecule has 0 amide bonds. The Kier molecular flexibility index (Phi) is 5.84. The molecular weight excluding hydrogens is 456 g/mol. The zero-order valence-electron chi connectivity index (χ0n) is 21.1. The van der Waals surface area contributed by atoms with Crippen molar-refractivity contribution in [1.82, 2.24) is 0 Å². The van der Waals surface area contributed by atoms with E-state index in [1.54, 1.807) is 12.1 Å². The number of phenolic OH excluding ortho intramolecular Hbond substituents is 1. The van der Waals surface area contributed by atoms with Gasteiger partial charge in [0.25, 0.3) is 0 Å². The highest BCUT2D eigenvalue weighted by molar-refractivity contribution is 5.90. The summed E-state index contributed by atoms with van der Waals surface area (Å²) in [5.74, 6) is 2.57. The first-order valence-electron chi connectivity index (χ1n) is 12.9. The first-order chi connectivity index (χ1) is 18.0. The van der Waals surface area contributed by atoms with E-state index in [2.05, 4.69) is 68.5 Å². The highest BCUT2D eigenvalue weighted by Gasteiger charge is 2.43. The Morgan fingerprint density at radius 1 is 0.973 bits per heavy atom. The lowest BCUT2D eigenvalue weighted by atomic mass is 9.65. The molecule has 3 heteroatoms. The molecule has 3 nitrogen and oxygen atoms in total. The van der Waals surface area contributed by atoms with Crippen molar-refractivity contribution in [3.05, 3.63) is 137 Å². The molecule has 0 bridgehead atoms. The molecule has 0 radical (unpaired) electrons. The average molecular weight is 487 g/mol. The third kappa shape index (κ3) is 4.11. The maximum Gasteiger partial charge on any atom is 0.131 e. The second-order valence-electron chi connectivity index (χ2n) is 9.99. The molecule has 3 atom stereocenters. The lowest BCUT2D eigenvalue weighted by Crippen LogP contribution is -2.34. The van der Waals surface area contributed by atoms with Gasteiger partial charge in [0.05, 0.1) is 0 Å². The molecule has 1 aliphatic heterocycles. The third-order valence-corrected chi connectivity index (χ3v) is 7.82. The van der Waals surface area contributed by atoms with Gasteiger partial charge in [-0.15, -0.1) is 0 Å². The molecule has 0 spiro atoms. The van der Waals surface area contributed by atoms with E-state index in [1.807, 2.05) is 36.4 Å². The normalized spacial score (nSPS) is 22.8. The number of aromatic hydroxyl groups is 1. The van der Waals surface area contributed by atoms with Crippen LogP contribution in [0, 0.1) is 11.8 Å². The lowest BCUT2D eigenvalue weighted by Gasteiger charge is -2.43. The van der Waals surface area contributed by atoms with Gasteiger partial charge in [0.1, 0.15) is 23.0 Å². The Morgan fingerprint density at radius 3 is 2.62 bits per heavy atom. The van der Waals surface area contributed by atoms with Crippen molar-refractivity contribution in [2.24, 2.45) is 11.8 Å². The molecule has 0 aromatic heterocycles. The summed E-state index contributed by atoms with van der Waals surface area (Å²) in [6.07, 6.45) is 15.3. The van der Waals surface area contributed by atoms with E-state index >= 15 is 0 Å². The maximum atomic E-state index is 10.2. The van der Waals surface area contributed by atoms with Crippen LogP contribution in [0.4, 0.5) is 0 Å². The van der Waals surface area contributed by atoms with Crippen LogP contribution in [0.15, 0.2) is 126 Å². The molecule has 3 aliphatic rings. The predicted molar refractivity (Wildman–Crippen MR) is 150 cm³/mol. The van der Waals surface area contributed by atoms with E-state index in [-0.39, 0.29) is 29.3 Å². The van der Waals surface area contributed by atoms with Crippen LogP contribution in [-0.2, 0) is 0 Å². The van der Waals surface area contributed by atoms with Crippen LogP contribution in [0.2, 0.25) is 0 Å². The van der Waals surface area contributed by atoms with Gasteiger partial charge < -0.3 is 14.9 Å². The quantitative estimate of drug-likeness (QED) is 0.363. The van der Waals surface area contributed by atoms with Gasteiger partial charge in [0.2, 0.25) is 0 Å². The Hall–Kier alpha value is -4.24. The maximum absolute atomic E-state index is 10.2. The number of aliphatic hydroxyl groups excluding tert-OH is 1. The molecule has 1 heterocycles. The van der Waals surface area contributed by atoms with Gasteiger partial charge >= 0.3 is 0 Å². The van der Waals surface area contributed by atoms with Crippen LogP contribution in [0.3, 0.4) is 0 Å². The molecule has 6 rings (SSSR count). The minimum atomic E-state index is 0.0594. The van der Waals surface area contributed by atoms with E-state index < -0.39 is 0 Å². The Labute approximate surface area is 217 Å². The summed E-state index contributed by atoms with van der Waals surface area (Å²) in [6, 6.07) is 20.1. The molecule has 0 fully saturated rings. The monoisotopic (exact) mass is 486 g/mol. The van der Waals surface area contributed by atoms with Crippen LogP contribution in [0.1, 0.15) is 37.3 Å². The van der Waals surface area contributed by atoms with Gasteiger partial charge in [-0.25, -0.2) is 0 Å². The second-order valence-corrected chi connectivity index (χ2v) is 9.99. The summed E-state index contributed by atoms with van der Waals surface area (Å²) in [5.41, 5.74) is 6.00. The fourth-order valence-electron chi connectivity index (χ4n) is 5.98. The molecule has 0 saturated carbocycles. The predicted octanol–water partition coefficient (Wildman–Crippen LogP) is 8.53. The van der Waals surface area contributed by atoms with Gasteiger partial charge in [-0.1, -0.05) is 79.3 Å². The zero-order valence-corrected chi connectivity index (χ0v) is 21.1. The fourth-order valence-corrected chi connectivity index (χ4v) is 5.98. The van der Waals surface area contributed by atoms with Crippen molar-refractivity contribution in [2.75, 3.05) is 0 Å². The SMILES string of the molecule is CC/C(=C\C=C(/C)c1ccccc1)C1c2c(ccc3cc(O)ccc23)OC2=CC=C3C=C(O)C=CC3C21.